The molecular weight excluding hydrogens is 442 g/mol. The van der Waals surface area contributed by atoms with E-state index in [2.05, 4.69) is 15.3 Å². The molecule has 3 aliphatic rings. The van der Waals surface area contributed by atoms with Crippen molar-refractivity contribution < 1.29 is 33.3 Å². The van der Waals surface area contributed by atoms with Crippen LogP contribution in [0, 0.1) is 17.8 Å². The first-order chi connectivity index (χ1) is 16.6. The lowest BCUT2D eigenvalue weighted by atomic mass is 9.79. The van der Waals surface area contributed by atoms with Crippen molar-refractivity contribution in [3.8, 4) is 0 Å². The van der Waals surface area contributed by atoms with Crippen LogP contribution in [0.4, 0.5) is 0 Å². The lowest BCUT2D eigenvalue weighted by Crippen LogP contribution is -2.36. The molecule has 1 amide bonds. The number of nitrogens with zero attached hydrogens (tertiary/aromatic N) is 2. The average Bonchev–Trinajstić information content (AvgIpc) is 3.58. The average molecular weight is 480 g/mol. The van der Waals surface area contributed by atoms with Gasteiger partial charge in [-0.1, -0.05) is 12.8 Å². The Morgan fingerprint density at radius 2 is 1.76 bits per heavy atom. The lowest BCUT2D eigenvalue weighted by molar-refractivity contribution is -0.161. The normalized spacial score (nSPS) is 22.6. The second-order valence-electron chi connectivity index (χ2n) is 8.86. The number of esters is 2. The number of amides is 1. The van der Waals surface area contributed by atoms with Crippen molar-refractivity contribution in [2.75, 3.05) is 46.6 Å². The number of nitrogens with one attached hydrogen (secondary N) is 1. The molecule has 0 saturated heterocycles. The van der Waals surface area contributed by atoms with Gasteiger partial charge in [0, 0.05) is 18.8 Å². The fourth-order valence-electron chi connectivity index (χ4n) is 4.71. The van der Waals surface area contributed by atoms with Gasteiger partial charge >= 0.3 is 11.9 Å². The Hall–Kier alpha value is -2.65. The summed E-state index contributed by atoms with van der Waals surface area (Å²) in [6.07, 6.45) is 6.58. The maximum Gasteiger partial charge on any atom is 0.309 e. The van der Waals surface area contributed by atoms with E-state index in [4.69, 9.17) is 18.9 Å². The first kappa shape index (κ1) is 26.0. The zero-order valence-electron chi connectivity index (χ0n) is 20.1. The van der Waals surface area contributed by atoms with E-state index in [1.807, 2.05) is 0 Å². The minimum Gasteiger partial charge on any atom is -0.479 e. The van der Waals surface area contributed by atoms with Crippen LogP contribution in [0.5, 0.6) is 0 Å². The number of methoxy groups -OCH3 is 1. The Bertz CT molecular complexity index is 768. The third-order valence-corrected chi connectivity index (χ3v) is 6.51. The predicted molar refractivity (Wildman–Crippen MR) is 125 cm³/mol. The molecule has 3 unspecified atom stereocenters. The van der Waals surface area contributed by atoms with Crippen LogP contribution < -0.4 is 5.32 Å². The van der Waals surface area contributed by atoms with Crippen LogP contribution in [-0.2, 0) is 33.3 Å². The van der Waals surface area contributed by atoms with Crippen LogP contribution >= 0.6 is 0 Å². The molecule has 3 atom stereocenters. The quantitative estimate of drug-likeness (QED) is 0.317. The smallest absolute Gasteiger partial charge is 0.309 e. The van der Waals surface area contributed by atoms with Crippen molar-refractivity contribution >= 4 is 29.6 Å². The van der Waals surface area contributed by atoms with Crippen LogP contribution in [0.25, 0.3) is 0 Å². The van der Waals surface area contributed by atoms with Gasteiger partial charge in [0.15, 0.2) is 11.8 Å². The summed E-state index contributed by atoms with van der Waals surface area (Å²) in [5, 5.41) is 2.81. The van der Waals surface area contributed by atoms with E-state index in [0.717, 1.165) is 50.4 Å². The topological polar surface area (TPSA) is 125 Å². The van der Waals surface area contributed by atoms with Gasteiger partial charge in [-0.25, -0.2) is 0 Å². The van der Waals surface area contributed by atoms with Crippen molar-refractivity contribution in [2.24, 2.45) is 27.7 Å². The molecule has 1 fully saturated rings. The minimum atomic E-state index is -0.467. The maximum absolute atomic E-state index is 12.4. The molecule has 1 aliphatic carbocycles. The van der Waals surface area contributed by atoms with Gasteiger partial charge in [-0.05, 0) is 32.1 Å². The van der Waals surface area contributed by atoms with Crippen LogP contribution in [0.1, 0.15) is 57.8 Å². The van der Waals surface area contributed by atoms with Crippen LogP contribution in [0.3, 0.4) is 0 Å². The summed E-state index contributed by atoms with van der Waals surface area (Å²) in [5.41, 5.74) is 0. The van der Waals surface area contributed by atoms with Gasteiger partial charge in [0.2, 0.25) is 5.91 Å². The highest BCUT2D eigenvalue weighted by atomic mass is 16.5. The van der Waals surface area contributed by atoms with E-state index in [1.54, 1.807) is 0 Å². The van der Waals surface area contributed by atoms with Gasteiger partial charge in [-0.15, -0.1) is 0 Å². The molecule has 3 rings (SSSR count). The molecule has 10 nitrogen and oxygen atoms in total. The Labute approximate surface area is 200 Å². The standard InChI is InChI=1S/C24H37N3O7/c1-31-23(29)18-6-2-3-7-19(18)24(30)34-16-11-25-20(28)10-9-17(22-27-13-15-33-22)5-4-8-21-26-12-14-32-21/h17-19H,2-16H2,1H3,(H,25,28). The van der Waals surface area contributed by atoms with Crippen LogP contribution in [0.15, 0.2) is 9.98 Å². The van der Waals surface area contributed by atoms with E-state index >= 15 is 0 Å². The number of ether oxygens (including phenoxy) is 4. The fraction of sp³-hybridized carbons (Fsp3) is 0.792. The number of aliphatic imine (C=N–C) groups is 2. The molecule has 0 aromatic heterocycles. The molecular formula is C24H37N3O7. The molecule has 190 valence electrons. The second-order valence-corrected chi connectivity index (χ2v) is 8.86. The highest BCUT2D eigenvalue weighted by molar-refractivity contribution is 5.83. The molecule has 2 heterocycles. The highest BCUT2D eigenvalue weighted by Crippen LogP contribution is 2.31. The summed E-state index contributed by atoms with van der Waals surface area (Å²) >= 11 is 0. The maximum atomic E-state index is 12.4. The van der Waals surface area contributed by atoms with Gasteiger partial charge in [-0.3, -0.25) is 24.4 Å². The molecule has 2 aliphatic heterocycles. The van der Waals surface area contributed by atoms with Crippen LogP contribution in [0.2, 0.25) is 0 Å². The SMILES string of the molecule is COC(=O)C1CCCCC1C(=O)OCCNC(=O)CCC(CCCC1=NCCO1)C1=NCCO1. The second kappa shape index (κ2) is 13.9. The van der Waals surface area contributed by atoms with Gasteiger partial charge in [0.05, 0.1) is 38.6 Å². The van der Waals surface area contributed by atoms with E-state index in [-0.39, 0.29) is 30.9 Å². The number of hydrogen-bond acceptors (Lipinski definition) is 9. The molecule has 0 spiro atoms. The molecule has 1 saturated carbocycles. The first-order valence-corrected chi connectivity index (χ1v) is 12.4. The summed E-state index contributed by atoms with van der Waals surface area (Å²) < 4.78 is 21.3. The van der Waals surface area contributed by atoms with E-state index in [0.29, 0.717) is 45.4 Å². The summed E-state index contributed by atoms with van der Waals surface area (Å²) in [4.78, 5) is 45.5. The summed E-state index contributed by atoms with van der Waals surface area (Å²) in [6, 6.07) is 0. The van der Waals surface area contributed by atoms with Gasteiger partial charge in [0.25, 0.3) is 0 Å². The first-order valence-electron chi connectivity index (χ1n) is 12.4. The third-order valence-electron chi connectivity index (χ3n) is 6.51. The van der Waals surface area contributed by atoms with Crippen molar-refractivity contribution in [1.82, 2.24) is 5.32 Å². The zero-order valence-corrected chi connectivity index (χ0v) is 20.1. The van der Waals surface area contributed by atoms with E-state index in [9.17, 15) is 14.4 Å². The van der Waals surface area contributed by atoms with Crippen molar-refractivity contribution in [3.05, 3.63) is 0 Å². The molecule has 0 aromatic carbocycles. The summed E-state index contributed by atoms with van der Waals surface area (Å²) in [7, 11) is 1.34. The molecule has 0 bridgehead atoms. The molecule has 0 radical (unpaired) electrons. The Balaban J connectivity index is 1.34. The monoisotopic (exact) mass is 479 g/mol. The van der Waals surface area contributed by atoms with Gasteiger partial charge in [0.1, 0.15) is 19.8 Å². The van der Waals surface area contributed by atoms with Gasteiger partial charge < -0.3 is 24.3 Å². The van der Waals surface area contributed by atoms with E-state index < -0.39 is 17.8 Å². The van der Waals surface area contributed by atoms with Crippen molar-refractivity contribution in [1.29, 1.82) is 0 Å². The Kier molecular flexibility index (Phi) is 10.6. The Morgan fingerprint density at radius 3 is 2.44 bits per heavy atom. The minimum absolute atomic E-state index is 0.0797. The Morgan fingerprint density at radius 1 is 1.03 bits per heavy atom. The van der Waals surface area contributed by atoms with Crippen LogP contribution in [-0.4, -0.2) is 76.2 Å². The summed E-state index contributed by atoms with van der Waals surface area (Å²) in [5.74, 6) is -0.116. The zero-order chi connectivity index (χ0) is 24.2. The number of rotatable bonds is 13. The van der Waals surface area contributed by atoms with Crippen molar-refractivity contribution in [2.45, 2.75) is 57.8 Å². The van der Waals surface area contributed by atoms with Crippen molar-refractivity contribution in [3.63, 3.8) is 0 Å². The highest BCUT2D eigenvalue weighted by Gasteiger charge is 2.37. The largest absolute Gasteiger partial charge is 0.479 e. The predicted octanol–water partition coefficient (Wildman–Crippen LogP) is 2.05. The molecule has 1 N–H and O–H groups in total. The molecule has 0 aromatic rings. The number of carbonyl (C=O) groups is 3. The lowest BCUT2D eigenvalue weighted by Gasteiger charge is -2.27. The fourth-order valence-corrected chi connectivity index (χ4v) is 4.71. The number of carbonyl (C=O) groups excluding carboxylic acids is 3. The number of hydrogen-bond donors (Lipinski definition) is 1. The molecule has 34 heavy (non-hydrogen) atoms. The third kappa shape index (κ3) is 7.99. The van der Waals surface area contributed by atoms with E-state index in [1.165, 1.54) is 7.11 Å². The molecule has 10 heteroatoms. The summed E-state index contributed by atoms with van der Waals surface area (Å²) in [6.45, 7) is 2.97. The van der Waals surface area contributed by atoms with Gasteiger partial charge in [-0.2, -0.15) is 0 Å².